The summed E-state index contributed by atoms with van der Waals surface area (Å²) in [6, 6.07) is -0.171. The van der Waals surface area contributed by atoms with E-state index in [1.54, 1.807) is 6.20 Å². The lowest BCUT2D eigenvalue weighted by atomic mass is 9.86. The molecule has 0 amide bonds. The molecule has 2 rings (SSSR count). The number of aromatic nitrogens is 2. The van der Waals surface area contributed by atoms with Gasteiger partial charge in [0.25, 0.3) is 0 Å². The predicted octanol–water partition coefficient (Wildman–Crippen LogP) is 1.56. The molecule has 0 aliphatic carbocycles. The van der Waals surface area contributed by atoms with Crippen molar-refractivity contribution in [3.05, 3.63) is 16.9 Å². The standard InChI is InChI=1S/C14H26ClN5O/c1-14(6-4-5-9-21-14)13(18-16)12-11(15)10-17-20(12)8-7-19(2)3/h10,13,18H,4-9,16H2,1-3H3. The molecule has 21 heavy (non-hydrogen) atoms. The molecule has 0 bridgehead atoms. The van der Waals surface area contributed by atoms with E-state index in [0.717, 1.165) is 44.7 Å². The van der Waals surface area contributed by atoms with Gasteiger partial charge < -0.3 is 9.64 Å². The first-order chi connectivity index (χ1) is 9.98. The number of rotatable bonds is 6. The third-order valence-corrected chi connectivity index (χ3v) is 4.43. The van der Waals surface area contributed by atoms with Gasteiger partial charge in [0.15, 0.2) is 0 Å². The number of hydrogen-bond acceptors (Lipinski definition) is 5. The van der Waals surface area contributed by atoms with Crippen LogP contribution < -0.4 is 11.3 Å². The Bertz CT molecular complexity index is 456. The van der Waals surface area contributed by atoms with Crippen molar-refractivity contribution in [3.8, 4) is 0 Å². The summed E-state index contributed by atoms with van der Waals surface area (Å²) in [5, 5.41) is 5.02. The van der Waals surface area contributed by atoms with Gasteiger partial charge in [-0.15, -0.1) is 0 Å². The summed E-state index contributed by atoms with van der Waals surface area (Å²) in [6.07, 6.45) is 4.87. The van der Waals surface area contributed by atoms with Gasteiger partial charge in [-0.1, -0.05) is 11.6 Å². The van der Waals surface area contributed by atoms with Gasteiger partial charge in [0.2, 0.25) is 0 Å². The lowest BCUT2D eigenvalue weighted by molar-refractivity contribution is -0.0914. The van der Waals surface area contributed by atoms with Gasteiger partial charge in [0, 0.05) is 13.2 Å². The molecule has 2 heterocycles. The Balaban J connectivity index is 2.26. The number of ether oxygens (including phenoxy) is 1. The van der Waals surface area contributed by atoms with Crippen LogP contribution in [0, 0.1) is 0 Å². The molecule has 7 heteroatoms. The lowest BCUT2D eigenvalue weighted by Gasteiger charge is -2.40. The Labute approximate surface area is 131 Å². The predicted molar refractivity (Wildman–Crippen MR) is 84.1 cm³/mol. The van der Waals surface area contributed by atoms with Crippen molar-refractivity contribution in [2.45, 2.75) is 44.4 Å². The van der Waals surface area contributed by atoms with Gasteiger partial charge in [-0.25, -0.2) is 5.43 Å². The number of likely N-dealkylation sites (N-methyl/N-ethyl adjacent to an activating group) is 1. The van der Waals surface area contributed by atoms with Gasteiger partial charge >= 0.3 is 0 Å². The van der Waals surface area contributed by atoms with Crippen LogP contribution in [0.3, 0.4) is 0 Å². The molecule has 1 aromatic rings. The van der Waals surface area contributed by atoms with Crippen molar-refractivity contribution in [2.24, 2.45) is 5.84 Å². The van der Waals surface area contributed by atoms with E-state index in [0.29, 0.717) is 5.02 Å². The molecule has 0 saturated carbocycles. The lowest BCUT2D eigenvalue weighted by Crippen LogP contribution is -2.49. The van der Waals surface area contributed by atoms with Crippen molar-refractivity contribution in [1.29, 1.82) is 0 Å². The molecule has 1 aromatic heterocycles. The van der Waals surface area contributed by atoms with Crippen molar-refractivity contribution < 1.29 is 4.74 Å². The summed E-state index contributed by atoms with van der Waals surface area (Å²) in [6.45, 7) is 4.51. The summed E-state index contributed by atoms with van der Waals surface area (Å²) >= 11 is 6.37. The Morgan fingerprint density at radius 1 is 1.57 bits per heavy atom. The molecule has 2 unspecified atom stereocenters. The summed E-state index contributed by atoms with van der Waals surface area (Å²) in [5.41, 5.74) is 3.45. The quantitative estimate of drug-likeness (QED) is 0.616. The molecule has 0 spiro atoms. The third-order valence-electron chi connectivity index (χ3n) is 4.14. The number of hydrazine groups is 1. The molecule has 2 atom stereocenters. The van der Waals surface area contributed by atoms with E-state index in [9.17, 15) is 0 Å². The van der Waals surface area contributed by atoms with E-state index in [1.165, 1.54) is 0 Å². The fourth-order valence-corrected chi connectivity index (χ4v) is 3.11. The molecule has 6 nitrogen and oxygen atoms in total. The molecule has 1 aliphatic rings. The van der Waals surface area contributed by atoms with Crippen LogP contribution >= 0.6 is 11.6 Å². The smallest absolute Gasteiger partial charge is 0.0930 e. The molecule has 0 aromatic carbocycles. The minimum Gasteiger partial charge on any atom is -0.373 e. The van der Waals surface area contributed by atoms with Crippen molar-refractivity contribution >= 4 is 11.6 Å². The van der Waals surface area contributed by atoms with E-state index in [1.807, 2.05) is 18.8 Å². The fraction of sp³-hybridized carbons (Fsp3) is 0.786. The molecule has 3 N–H and O–H groups in total. The van der Waals surface area contributed by atoms with E-state index in [2.05, 4.69) is 22.3 Å². The zero-order valence-corrected chi connectivity index (χ0v) is 13.9. The van der Waals surface area contributed by atoms with E-state index >= 15 is 0 Å². The average Bonchev–Trinajstić information content (AvgIpc) is 2.80. The summed E-state index contributed by atoms with van der Waals surface area (Å²) < 4.78 is 7.95. The van der Waals surface area contributed by atoms with Crippen LogP contribution in [0.4, 0.5) is 0 Å². The van der Waals surface area contributed by atoms with E-state index in [-0.39, 0.29) is 11.6 Å². The molecule has 120 valence electrons. The highest BCUT2D eigenvalue weighted by atomic mass is 35.5. The molecule has 1 aliphatic heterocycles. The van der Waals surface area contributed by atoms with E-state index < -0.39 is 0 Å². The van der Waals surface area contributed by atoms with Crippen molar-refractivity contribution in [3.63, 3.8) is 0 Å². The van der Waals surface area contributed by atoms with Crippen LogP contribution in [0.15, 0.2) is 6.20 Å². The molecule has 0 radical (unpaired) electrons. The summed E-state index contributed by atoms with van der Waals surface area (Å²) in [5.74, 6) is 5.83. The Kier molecular flexibility index (Phi) is 5.62. The number of halogens is 1. The largest absolute Gasteiger partial charge is 0.373 e. The Morgan fingerprint density at radius 2 is 2.33 bits per heavy atom. The first kappa shape index (κ1) is 16.7. The average molecular weight is 316 g/mol. The molecular weight excluding hydrogens is 290 g/mol. The molecule has 1 saturated heterocycles. The highest BCUT2D eigenvalue weighted by Crippen LogP contribution is 2.38. The number of nitrogens with zero attached hydrogens (tertiary/aromatic N) is 3. The number of nitrogens with two attached hydrogens (primary N) is 1. The second-order valence-electron chi connectivity index (χ2n) is 6.12. The highest BCUT2D eigenvalue weighted by molar-refractivity contribution is 6.31. The Morgan fingerprint density at radius 3 is 2.90 bits per heavy atom. The second kappa shape index (κ2) is 7.07. The Hall–Kier alpha value is -0.660. The SMILES string of the molecule is CN(C)CCn1ncc(Cl)c1C(NN)C1(C)CCCCO1. The minimum atomic E-state index is -0.355. The van der Waals surface area contributed by atoms with Gasteiger partial charge in [0.05, 0.1) is 35.1 Å². The summed E-state index contributed by atoms with van der Waals surface area (Å²) in [4.78, 5) is 2.11. The first-order valence-corrected chi connectivity index (χ1v) is 7.82. The molecular formula is C14H26ClN5O. The maximum Gasteiger partial charge on any atom is 0.0930 e. The summed E-state index contributed by atoms with van der Waals surface area (Å²) in [7, 11) is 4.07. The maximum atomic E-state index is 6.37. The number of hydrogen-bond donors (Lipinski definition) is 2. The maximum absolute atomic E-state index is 6.37. The minimum absolute atomic E-state index is 0.171. The van der Waals surface area contributed by atoms with Crippen molar-refractivity contribution in [1.82, 2.24) is 20.1 Å². The van der Waals surface area contributed by atoms with Crippen LogP contribution in [0.5, 0.6) is 0 Å². The van der Waals surface area contributed by atoms with Gasteiger partial charge in [-0.2, -0.15) is 5.10 Å². The van der Waals surface area contributed by atoms with E-state index in [4.69, 9.17) is 22.2 Å². The number of nitrogens with one attached hydrogen (secondary N) is 1. The topological polar surface area (TPSA) is 68.3 Å². The van der Waals surface area contributed by atoms with Crippen LogP contribution in [-0.4, -0.2) is 47.5 Å². The van der Waals surface area contributed by atoms with Gasteiger partial charge in [-0.05, 0) is 40.3 Å². The van der Waals surface area contributed by atoms with Crippen LogP contribution in [0.25, 0.3) is 0 Å². The van der Waals surface area contributed by atoms with Gasteiger partial charge in [-0.3, -0.25) is 10.5 Å². The second-order valence-corrected chi connectivity index (χ2v) is 6.53. The zero-order chi connectivity index (χ0) is 15.5. The monoisotopic (exact) mass is 315 g/mol. The van der Waals surface area contributed by atoms with Crippen molar-refractivity contribution in [2.75, 3.05) is 27.2 Å². The normalized spacial score (nSPS) is 24.5. The van der Waals surface area contributed by atoms with Gasteiger partial charge in [0.1, 0.15) is 0 Å². The van der Waals surface area contributed by atoms with Crippen LogP contribution in [0.2, 0.25) is 5.02 Å². The fourth-order valence-electron chi connectivity index (χ4n) is 2.86. The van der Waals surface area contributed by atoms with Crippen LogP contribution in [0.1, 0.15) is 37.9 Å². The first-order valence-electron chi connectivity index (χ1n) is 7.44. The van der Waals surface area contributed by atoms with Crippen LogP contribution in [-0.2, 0) is 11.3 Å². The zero-order valence-electron chi connectivity index (χ0n) is 13.1. The molecule has 1 fully saturated rings. The third kappa shape index (κ3) is 3.76. The highest BCUT2D eigenvalue weighted by Gasteiger charge is 2.40.